The van der Waals surface area contributed by atoms with Gasteiger partial charge in [-0.1, -0.05) is 0 Å². The van der Waals surface area contributed by atoms with Crippen LogP contribution >= 0.6 is 0 Å². The van der Waals surface area contributed by atoms with Crippen molar-refractivity contribution < 1.29 is 0 Å². The number of hydrogen-bond donors (Lipinski definition) is 1. The van der Waals surface area contributed by atoms with Gasteiger partial charge in [0.05, 0.1) is 0 Å². The molecule has 0 bridgehead atoms. The number of likely N-dealkylation sites (N-methyl/N-ethyl adjacent to an activating group) is 1. The zero-order chi connectivity index (χ0) is 11.3. The van der Waals surface area contributed by atoms with Crippen molar-refractivity contribution in [2.24, 2.45) is 5.92 Å². The summed E-state index contributed by atoms with van der Waals surface area (Å²) in [6, 6.07) is 0.667. The number of rotatable bonds is 6. The van der Waals surface area contributed by atoms with Gasteiger partial charge in [-0.2, -0.15) is 0 Å². The van der Waals surface area contributed by atoms with Gasteiger partial charge in [-0.25, -0.2) is 0 Å². The van der Waals surface area contributed by atoms with Crippen LogP contribution in [0, 0.1) is 5.92 Å². The third kappa shape index (κ3) is 4.49. The monoisotopic (exact) mass is 213 g/mol. The lowest BCUT2D eigenvalue weighted by Crippen LogP contribution is -2.35. The Morgan fingerprint density at radius 2 is 2.20 bits per heavy atom. The first-order chi connectivity index (χ1) is 7.13. The minimum absolute atomic E-state index is 0.667. The molecule has 1 unspecified atom stereocenters. The average molecular weight is 213 g/mol. The van der Waals surface area contributed by atoms with Gasteiger partial charge in [-0.05, 0) is 53.4 Å². The van der Waals surface area contributed by atoms with Gasteiger partial charge in [-0.3, -0.25) is 0 Å². The summed E-state index contributed by atoms with van der Waals surface area (Å²) in [5.41, 5.74) is 0. The maximum absolute atomic E-state index is 3.28. The summed E-state index contributed by atoms with van der Waals surface area (Å²) >= 11 is 0. The van der Waals surface area contributed by atoms with Crippen molar-refractivity contribution in [3.63, 3.8) is 0 Å². The lowest BCUT2D eigenvalue weighted by atomic mass is 10.1. The van der Waals surface area contributed by atoms with Gasteiger partial charge in [0.1, 0.15) is 0 Å². The van der Waals surface area contributed by atoms with E-state index in [2.05, 4.69) is 43.1 Å². The summed E-state index contributed by atoms with van der Waals surface area (Å²) in [5, 5.41) is 3.28. The van der Waals surface area contributed by atoms with Crippen molar-refractivity contribution in [2.45, 2.75) is 26.3 Å². The van der Waals surface area contributed by atoms with E-state index in [4.69, 9.17) is 0 Å². The molecule has 3 heteroatoms. The van der Waals surface area contributed by atoms with Gasteiger partial charge in [-0.15, -0.1) is 0 Å². The van der Waals surface area contributed by atoms with Crippen molar-refractivity contribution in [1.29, 1.82) is 0 Å². The van der Waals surface area contributed by atoms with E-state index in [1.807, 2.05) is 0 Å². The van der Waals surface area contributed by atoms with Crippen LogP contribution in [-0.4, -0.2) is 62.7 Å². The first-order valence-corrected chi connectivity index (χ1v) is 6.20. The summed E-state index contributed by atoms with van der Waals surface area (Å²) in [6.45, 7) is 10.7. The van der Waals surface area contributed by atoms with Crippen LogP contribution < -0.4 is 5.32 Å². The summed E-state index contributed by atoms with van der Waals surface area (Å²) in [7, 11) is 4.26. The van der Waals surface area contributed by atoms with Gasteiger partial charge in [0.2, 0.25) is 0 Å². The molecule has 1 saturated heterocycles. The first-order valence-electron chi connectivity index (χ1n) is 6.20. The van der Waals surface area contributed by atoms with Crippen LogP contribution in [0.1, 0.15) is 20.3 Å². The van der Waals surface area contributed by atoms with Crippen LogP contribution in [0.15, 0.2) is 0 Å². The molecule has 1 rings (SSSR count). The first kappa shape index (κ1) is 12.9. The maximum Gasteiger partial charge on any atom is 0.0109 e. The standard InChI is InChI=1S/C12H27N3/c1-11(2)14(4)7-8-15-6-5-12(10-15)9-13-3/h11-13H,5-10H2,1-4H3. The van der Waals surface area contributed by atoms with Gasteiger partial charge in [0, 0.05) is 25.7 Å². The third-order valence-electron chi connectivity index (χ3n) is 3.51. The molecule has 15 heavy (non-hydrogen) atoms. The molecular formula is C12H27N3. The normalized spacial score (nSPS) is 23.2. The van der Waals surface area contributed by atoms with Gasteiger partial charge < -0.3 is 15.1 Å². The highest BCUT2D eigenvalue weighted by Crippen LogP contribution is 2.14. The highest BCUT2D eigenvalue weighted by molar-refractivity contribution is 4.77. The van der Waals surface area contributed by atoms with Crippen LogP contribution in [0.5, 0.6) is 0 Å². The van der Waals surface area contributed by atoms with Crippen molar-refractivity contribution in [3.8, 4) is 0 Å². The summed E-state index contributed by atoms with van der Waals surface area (Å²) in [4.78, 5) is 5.02. The summed E-state index contributed by atoms with van der Waals surface area (Å²) in [6.07, 6.45) is 1.37. The lowest BCUT2D eigenvalue weighted by molar-refractivity contribution is 0.221. The van der Waals surface area contributed by atoms with Crippen LogP contribution in [-0.2, 0) is 0 Å². The molecule has 1 heterocycles. The molecule has 0 aromatic heterocycles. The average Bonchev–Trinajstić information content (AvgIpc) is 2.62. The van der Waals surface area contributed by atoms with Gasteiger partial charge in [0.15, 0.2) is 0 Å². The van der Waals surface area contributed by atoms with Crippen LogP contribution in [0.4, 0.5) is 0 Å². The Morgan fingerprint density at radius 3 is 2.80 bits per heavy atom. The molecule has 0 radical (unpaired) electrons. The lowest BCUT2D eigenvalue weighted by Gasteiger charge is -2.24. The Labute approximate surface area is 94.8 Å². The summed E-state index contributed by atoms with van der Waals surface area (Å²) < 4.78 is 0. The molecular weight excluding hydrogens is 186 g/mol. The highest BCUT2D eigenvalue weighted by atomic mass is 15.2. The molecule has 1 atom stereocenters. The van der Waals surface area contributed by atoms with Gasteiger partial charge >= 0.3 is 0 Å². The molecule has 0 aromatic rings. The third-order valence-corrected chi connectivity index (χ3v) is 3.51. The molecule has 0 amide bonds. The number of likely N-dealkylation sites (tertiary alicyclic amines) is 1. The summed E-state index contributed by atoms with van der Waals surface area (Å²) in [5.74, 6) is 0.874. The second-order valence-corrected chi connectivity index (χ2v) is 5.09. The predicted molar refractivity (Wildman–Crippen MR) is 66.2 cm³/mol. The fourth-order valence-electron chi connectivity index (χ4n) is 2.13. The molecule has 0 aliphatic carbocycles. The Morgan fingerprint density at radius 1 is 1.47 bits per heavy atom. The fourth-order valence-corrected chi connectivity index (χ4v) is 2.13. The van der Waals surface area contributed by atoms with E-state index in [9.17, 15) is 0 Å². The second kappa shape index (κ2) is 6.46. The molecule has 0 aromatic carbocycles. The molecule has 0 saturated carbocycles. The molecule has 1 aliphatic heterocycles. The molecule has 1 aliphatic rings. The SMILES string of the molecule is CNCC1CCN(CCN(C)C(C)C)C1. The number of nitrogens with zero attached hydrogens (tertiary/aromatic N) is 2. The molecule has 0 spiro atoms. The smallest absolute Gasteiger partial charge is 0.0109 e. The Balaban J connectivity index is 2.13. The van der Waals surface area contributed by atoms with E-state index in [1.165, 1.54) is 39.1 Å². The number of nitrogens with one attached hydrogen (secondary N) is 1. The number of hydrogen-bond acceptors (Lipinski definition) is 3. The highest BCUT2D eigenvalue weighted by Gasteiger charge is 2.21. The zero-order valence-corrected chi connectivity index (χ0v) is 10.8. The van der Waals surface area contributed by atoms with E-state index in [0.29, 0.717) is 6.04 Å². The van der Waals surface area contributed by atoms with Crippen molar-refractivity contribution in [2.75, 3.05) is 46.8 Å². The van der Waals surface area contributed by atoms with Crippen LogP contribution in [0.25, 0.3) is 0 Å². The van der Waals surface area contributed by atoms with Crippen molar-refractivity contribution in [3.05, 3.63) is 0 Å². The molecule has 3 nitrogen and oxygen atoms in total. The topological polar surface area (TPSA) is 18.5 Å². The Bertz CT molecular complexity index is 170. The zero-order valence-electron chi connectivity index (χ0n) is 10.8. The maximum atomic E-state index is 3.28. The van der Waals surface area contributed by atoms with Crippen LogP contribution in [0.3, 0.4) is 0 Å². The minimum atomic E-state index is 0.667. The second-order valence-electron chi connectivity index (χ2n) is 5.09. The van der Waals surface area contributed by atoms with Gasteiger partial charge in [0.25, 0.3) is 0 Å². The minimum Gasteiger partial charge on any atom is -0.319 e. The predicted octanol–water partition coefficient (Wildman–Crippen LogP) is 0.868. The quantitative estimate of drug-likeness (QED) is 0.706. The molecule has 90 valence electrons. The van der Waals surface area contributed by atoms with E-state index >= 15 is 0 Å². The Kier molecular flexibility index (Phi) is 5.58. The van der Waals surface area contributed by atoms with E-state index < -0.39 is 0 Å². The van der Waals surface area contributed by atoms with E-state index in [1.54, 1.807) is 0 Å². The van der Waals surface area contributed by atoms with Crippen LogP contribution in [0.2, 0.25) is 0 Å². The van der Waals surface area contributed by atoms with E-state index in [-0.39, 0.29) is 0 Å². The van der Waals surface area contributed by atoms with E-state index in [0.717, 1.165) is 5.92 Å². The largest absolute Gasteiger partial charge is 0.319 e. The molecule has 1 fully saturated rings. The Hall–Kier alpha value is -0.120. The molecule has 1 N–H and O–H groups in total. The van der Waals surface area contributed by atoms with Crippen molar-refractivity contribution >= 4 is 0 Å². The van der Waals surface area contributed by atoms with Crippen molar-refractivity contribution in [1.82, 2.24) is 15.1 Å². The fraction of sp³-hybridized carbons (Fsp3) is 1.00.